The van der Waals surface area contributed by atoms with Gasteiger partial charge in [0.15, 0.2) is 5.69 Å². The second kappa shape index (κ2) is 5.08. The molecule has 0 spiro atoms. The van der Waals surface area contributed by atoms with E-state index in [9.17, 15) is 13.2 Å². The lowest BCUT2D eigenvalue weighted by atomic mass is 10.1. The minimum absolute atomic E-state index is 0.168. The number of sulfonamides is 1. The van der Waals surface area contributed by atoms with Gasteiger partial charge in [-0.2, -0.15) is 0 Å². The Morgan fingerprint density at radius 1 is 1.18 bits per heavy atom. The first-order valence-electron chi connectivity index (χ1n) is 6.54. The van der Waals surface area contributed by atoms with Crippen molar-refractivity contribution >= 4 is 37.7 Å². The summed E-state index contributed by atoms with van der Waals surface area (Å²) in [6, 6.07) is 6.51. The van der Waals surface area contributed by atoms with Crippen LogP contribution in [0.15, 0.2) is 35.4 Å². The molecule has 7 nitrogen and oxygen atoms in total. The first-order valence-corrected chi connectivity index (χ1v) is 8.02. The van der Waals surface area contributed by atoms with Crippen molar-refractivity contribution in [3.05, 3.63) is 36.2 Å². The number of amides is 1. The lowest BCUT2D eigenvalue weighted by Crippen LogP contribution is -2.19. The monoisotopic (exact) mass is 318 g/mol. The van der Waals surface area contributed by atoms with Gasteiger partial charge in [-0.05, 0) is 31.3 Å². The SMILES string of the molecule is CNC(=O)c1nccc2c1[nH]c1ccc(S(=O)(=O)NC)cc12. The highest BCUT2D eigenvalue weighted by atomic mass is 32.2. The topological polar surface area (TPSA) is 104 Å². The van der Waals surface area contributed by atoms with Gasteiger partial charge in [0.2, 0.25) is 10.0 Å². The number of rotatable bonds is 3. The summed E-state index contributed by atoms with van der Waals surface area (Å²) < 4.78 is 26.1. The van der Waals surface area contributed by atoms with Crippen molar-refractivity contribution in [1.29, 1.82) is 0 Å². The van der Waals surface area contributed by atoms with Crippen LogP contribution in [-0.4, -0.2) is 38.4 Å². The molecule has 0 radical (unpaired) electrons. The Morgan fingerprint density at radius 2 is 1.95 bits per heavy atom. The number of aromatic amines is 1. The molecule has 0 aliphatic heterocycles. The van der Waals surface area contributed by atoms with Crippen molar-refractivity contribution in [3.8, 4) is 0 Å². The molecule has 3 rings (SSSR count). The van der Waals surface area contributed by atoms with E-state index >= 15 is 0 Å². The fraction of sp³-hybridized carbons (Fsp3) is 0.143. The number of H-pyrrole nitrogens is 1. The first-order chi connectivity index (χ1) is 10.5. The minimum atomic E-state index is -3.53. The molecule has 2 heterocycles. The molecular formula is C14H14N4O3S. The number of fused-ring (bicyclic) bond motifs is 3. The van der Waals surface area contributed by atoms with Crippen molar-refractivity contribution in [1.82, 2.24) is 20.0 Å². The molecule has 0 saturated carbocycles. The molecule has 1 aromatic carbocycles. The molecule has 3 N–H and O–H groups in total. The molecule has 0 bridgehead atoms. The molecule has 0 unspecified atom stereocenters. The van der Waals surface area contributed by atoms with Crippen LogP contribution in [0.1, 0.15) is 10.5 Å². The first kappa shape index (κ1) is 14.5. The number of hydrogen-bond acceptors (Lipinski definition) is 4. The molecule has 0 fully saturated rings. The lowest BCUT2D eigenvalue weighted by Gasteiger charge is -2.02. The van der Waals surface area contributed by atoms with Gasteiger partial charge in [-0.25, -0.2) is 18.1 Å². The van der Waals surface area contributed by atoms with Gasteiger partial charge >= 0.3 is 0 Å². The van der Waals surface area contributed by atoms with Crippen LogP contribution >= 0.6 is 0 Å². The fourth-order valence-corrected chi connectivity index (χ4v) is 3.13. The van der Waals surface area contributed by atoms with Crippen molar-refractivity contribution in [2.75, 3.05) is 14.1 Å². The highest BCUT2D eigenvalue weighted by Gasteiger charge is 2.17. The maximum absolute atomic E-state index is 11.9. The third-order valence-electron chi connectivity index (χ3n) is 3.51. The molecule has 8 heteroatoms. The van der Waals surface area contributed by atoms with Crippen LogP contribution in [0.5, 0.6) is 0 Å². The van der Waals surface area contributed by atoms with Crippen LogP contribution in [0.25, 0.3) is 21.8 Å². The summed E-state index contributed by atoms with van der Waals surface area (Å²) in [6.45, 7) is 0. The van der Waals surface area contributed by atoms with E-state index in [0.717, 1.165) is 16.3 Å². The Kier molecular flexibility index (Phi) is 3.34. The van der Waals surface area contributed by atoms with E-state index in [-0.39, 0.29) is 16.5 Å². The lowest BCUT2D eigenvalue weighted by molar-refractivity contribution is 0.0960. The fourth-order valence-electron chi connectivity index (χ4n) is 2.38. The van der Waals surface area contributed by atoms with Crippen molar-refractivity contribution in [2.24, 2.45) is 0 Å². The van der Waals surface area contributed by atoms with Crippen LogP contribution in [-0.2, 0) is 10.0 Å². The van der Waals surface area contributed by atoms with Gasteiger partial charge in [-0.15, -0.1) is 0 Å². The van der Waals surface area contributed by atoms with Crippen LogP contribution < -0.4 is 10.0 Å². The molecule has 0 atom stereocenters. The Morgan fingerprint density at radius 3 is 2.64 bits per heavy atom. The molecule has 1 amide bonds. The molecule has 22 heavy (non-hydrogen) atoms. The number of carbonyl (C=O) groups excluding carboxylic acids is 1. The van der Waals surface area contributed by atoms with E-state index < -0.39 is 10.0 Å². The van der Waals surface area contributed by atoms with E-state index in [1.54, 1.807) is 18.2 Å². The van der Waals surface area contributed by atoms with Gasteiger partial charge in [-0.1, -0.05) is 0 Å². The average Bonchev–Trinajstić information content (AvgIpc) is 2.91. The smallest absolute Gasteiger partial charge is 0.271 e. The molecule has 0 saturated heterocycles. The number of nitrogens with one attached hydrogen (secondary N) is 3. The molecule has 2 aromatic heterocycles. The Balaban J connectivity index is 2.34. The van der Waals surface area contributed by atoms with Crippen LogP contribution in [0, 0.1) is 0 Å². The van der Waals surface area contributed by atoms with Gasteiger partial charge in [-0.3, -0.25) is 4.79 Å². The largest absolute Gasteiger partial charge is 0.354 e. The number of nitrogens with zero attached hydrogens (tertiary/aromatic N) is 1. The van der Waals surface area contributed by atoms with Gasteiger partial charge in [0.25, 0.3) is 5.91 Å². The third kappa shape index (κ3) is 2.13. The Labute approximate surface area is 126 Å². The zero-order valence-electron chi connectivity index (χ0n) is 12.0. The zero-order chi connectivity index (χ0) is 15.9. The summed E-state index contributed by atoms with van der Waals surface area (Å²) in [4.78, 5) is 19.3. The summed E-state index contributed by atoms with van der Waals surface area (Å²) >= 11 is 0. The summed E-state index contributed by atoms with van der Waals surface area (Å²) in [5, 5.41) is 4.00. The number of aromatic nitrogens is 2. The number of benzene rings is 1. The van der Waals surface area contributed by atoms with Crippen LogP contribution in [0.3, 0.4) is 0 Å². The van der Waals surface area contributed by atoms with E-state index in [2.05, 4.69) is 20.0 Å². The predicted octanol–water partition coefficient (Wildman–Crippen LogP) is 0.984. The molecular weight excluding hydrogens is 304 g/mol. The third-order valence-corrected chi connectivity index (χ3v) is 4.93. The van der Waals surface area contributed by atoms with Gasteiger partial charge in [0.05, 0.1) is 10.4 Å². The molecule has 0 aliphatic carbocycles. The number of hydrogen-bond donors (Lipinski definition) is 3. The van der Waals surface area contributed by atoms with Gasteiger partial charge < -0.3 is 10.3 Å². The normalized spacial score (nSPS) is 11.9. The Bertz CT molecular complexity index is 992. The van der Waals surface area contributed by atoms with Crippen molar-refractivity contribution in [3.63, 3.8) is 0 Å². The maximum atomic E-state index is 11.9. The minimum Gasteiger partial charge on any atom is -0.354 e. The zero-order valence-corrected chi connectivity index (χ0v) is 12.8. The van der Waals surface area contributed by atoms with E-state index in [4.69, 9.17) is 0 Å². The van der Waals surface area contributed by atoms with Crippen LogP contribution in [0.2, 0.25) is 0 Å². The van der Waals surface area contributed by atoms with Gasteiger partial charge in [0, 0.05) is 29.5 Å². The second-order valence-electron chi connectivity index (χ2n) is 4.70. The molecule has 0 aliphatic rings. The molecule has 3 aromatic rings. The van der Waals surface area contributed by atoms with Crippen molar-refractivity contribution in [2.45, 2.75) is 4.90 Å². The predicted molar refractivity (Wildman–Crippen MR) is 83.2 cm³/mol. The summed E-state index contributed by atoms with van der Waals surface area (Å²) in [5.74, 6) is -0.305. The average molecular weight is 318 g/mol. The highest BCUT2D eigenvalue weighted by Crippen LogP contribution is 2.28. The van der Waals surface area contributed by atoms with Gasteiger partial charge in [0.1, 0.15) is 0 Å². The number of carbonyl (C=O) groups is 1. The second-order valence-corrected chi connectivity index (χ2v) is 6.59. The van der Waals surface area contributed by atoms with E-state index in [1.807, 2.05) is 0 Å². The standard InChI is InChI=1S/C14H14N4O3S/c1-15-14(19)13-12-9(5-6-17-13)10-7-8(22(20,21)16-2)3-4-11(10)18-12/h3-7,16,18H,1-2H3,(H,15,19). The number of pyridine rings is 1. The van der Waals surface area contributed by atoms with E-state index in [0.29, 0.717) is 5.52 Å². The summed E-state index contributed by atoms with van der Waals surface area (Å²) in [6.07, 6.45) is 1.53. The Hall–Kier alpha value is -2.45. The summed E-state index contributed by atoms with van der Waals surface area (Å²) in [5.41, 5.74) is 1.59. The summed E-state index contributed by atoms with van der Waals surface area (Å²) in [7, 11) is -0.632. The van der Waals surface area contributed by atoms with Crippen molar-refractivity contribution < 1.29 is 13.2 Å². The maximum Gasteiger partial charge on any atom is 0.271 e. The highest BCUT2D eigenvalue weighted by molar-refractivity contribution is 7.89. The van der Waals surface area contributed by atoms with Crippen LogP contribution in [0.4, 0.5) is 0 Å². The van der Waals surface area contributed by atoms with E-state index in [1.165, 1.54) is 26.4 Å². The molecule has 114 valence electrons. The quantitative estimate of drug-likeness (QED) is 0.669.